The van der Waals surface area contributed by atoms with Crippen molar-refractivity contribution in [1.82, 2.24) is 19.4 Å². The van der Waals surface area contributed by atoms with Crippen LogP contribution in [0.25, 0.3) is 0 Å². The van der Waals surface area contributed by atoms with Crippen LogP contribution in [-0.4, -0.2) is 51.5 Å². The van der Waals surface area contributed by atoms with Crippen molar-refractivity contribution in [1.29, 1.82) is 0 Å². The maximum absolute atomic E-state index is 12.6. The topological polar surface area (TPSA) is 49.3 Å². The van der Waals surface area contributed by atoms with Gasteiger partial charge in [-0.05, 0) is 38.8 Å². The number of hydrogen-bond acceptors (Lipinski definition) is 5. The molecule has 0 saturated carbocycles. The Morgan fingerprint density at radius 1 is 1.14 bits per heavy atom. The van der Waals surface area contributed by atoms with Gasteiger partial charge in [-0.15, -0.1) is 5.10 Å². The quantitative estimate of drug-likeness (QED) is 0.847. The molecule has 0 aromatic carbocycles. The van der Waals surface area contributed by atoms with E-state index < -0.39 is 0 Å². The van der Waals surface area contributed by atoms with Crippen LogP contribution < -0.4 is 0 Å². The molecule has 0 unspecified atom stereocenters. The lowest BCUT2D eigenvalue weighted by Crippen LogP contribution is -2.42. The van der Waals surface area contributed by atoms with Crippen molar-refractivity contribution in [3.05, 3.63) is 10.0 Å². The molecule has 122 valence electrons. The van der Waals surface area contributed by atoms with Crippen molar-refractivity contribution < 1.29 is 4.79 Å². The van der Waals surface area contributed by atoms with Crippen molar-refractivity contribution in [2.24, 2.45) is 5.92 Å². The average molecular weight is 343 g/mol. The molecule has 3 rings (SSSR count). The van der Waals surface area contributed by atoms with E-state index in [1.807, 2.05) is 0 Å². The summed E-state index contributed by atoms with van der Waals surface area (Å²) in [5.41, 5.74) is 0.865. The van der Waals surface area contributed by atoms with Crippen molar-refractivity contribution in [3.8, 4) is 0 Å². The molecular weight excluding hydrogens is 320 g/mol. The van der Waals surface area contributed by atoms with E-state index in [4.69, 9.17) is 11.6 Å². The van der Waals surface area contributed by atoms with Crippen LogP contribution in [-0.2, 0) is 11.3 Å². The minimum atomic E-state index is 0.207. The third-order valence-corrected chi connectivity index (χ3v) is 5.72. The number of piperidine rings is 1. The van der Waals surface area contributed by atoms with Crippen LogP contribution in [0.5, 0.6) is 0 Å². The molecule has 1 amide bonds. The lowest BCUT2D eigenvalue weighted by molar-refractivity contribution is -0.137. The summed E-state index contributed by atoms with van der Waals surface area (Å²) in [5, 5.41) is 4.07. The molecule has 5 nitrogen and oxygen atoms in total. The average Bonchev–Trinajstić information content (AvgIpc) is 2.79. The van der Waals surface area contributed by atoms with Crippen molar-refractivity contribution in [3.63, 3.8) is 0 Å². The van der Waals surface area contributed by atoms with E-state index in [2.05, 4.69) is 19.4 Å². The molecule has 0 bridgehead atoms. The van der Waals surface area contributed by atoms with Gasteiger partial charge in [-0.1, -0.05) is 28.9 Å². The number of halogens is 1. The summed E-state index contributed by atoms with van der Waals surface area (Å²) in [6, 6.07) is 0. The summed E-state index contributed by atoms with van der Waals surface area (Å²) in [7, 11) is 0. The molecule has 2 saturated heterocycles. The van der Waals surface area contributed by atoms with Gasteiger partial charge in [-0.2, -0.15) is 0 Å². The van der Waals surface area contributed by atoms with Crippen LogP contribution in [0.3, 0.4) is 0 Å². The lowest BCUT2D eigenvalue weighted by Gasteiger charge is -2.33. The zero-order chi connectivity index (χ0) is 15.4. The lowest BCUT2D eigenvalue weighted by atomic mass is 9.95. The highest BCUT2D eigenvalue weighted by Gasteiger charge is 2.29. The van der Waals surface area contributed by atoms with Gasteiger partial charge in [0.05, 0.1) is 0 Å². The number of carbonyl (C=O) groups is 1. The largest absolute Gasteiger partial charge is 0.342 e. The van der Waals surface area contributed by atoms with Gasteiger partial charge in [-0.3, -0.25) is 9.69 Å². The molecule has 1 aromatic rings. The molecule has 1 aromatic heterocycles. The van der Waals surface area contributed by atoms with Crippen LogP contribution in [0.2, 0.25) is 4.34 Å². The number of amides is 1. The van der Waals surface area contributed by atoms with E-state index >= 15 is 0 Å². The van der Waals surface area contributed by atoms with Gasteiger partial charge in [0, 0.05) is 37.1 Å². The summed E-state index contributed by atoms with van der Waals surface area (Å²) in [4.78, 5) is 17.1. The van der Waals surface area contributed by atoms with E-state index in [0.717, 1.165) is 51.3 Å². The molecule has 0 aliphatic carbocycles. The Labute approximate surface area is 140 Å². The molecular formula is C15H23ClN4OS. The minimum absolute atomic E-state index is 0.207. The number of nitrogens with zero attached hydrogens (tertiary/aromatic N) is 4. The Balaban J connectivity index is 1.48. The SMILES string of the molecule is O=C(C1CCN(Cc2nnsc2Cl)CC1)N1CCCCCC1. The van der Waals surface area contributed by atoms with Crippen LogP contribution in [0.15, 0.2) is 0 Å². The maximum atomic E-state index is 12.6. The summed E-state index contributed by atoms with van der Waals surface area (Å²) in [5.74, 6) is 0.591. The van der Waals surface area contributed by atoms with Gasteiger partial charge in [0.15, 0.2) is 0 Å². The highest BCUT2D eigenvalue weighted by Crippen LogP contribution is 2.24. The second kappa shape index (κ2) is 7.70. The highest BCUT2D eigenvalue weighted by molar-refractivity contribution is 7.10. The fraction of sp³-hybridized carbons (Fsp3) is 0.800. The van der Waals surface area contributed by atoms with Crippen molar-refractivity contribution in [2.75, 3.05) is 26.2 Å². The first kappa shape index (κ1) is 16.1. The number of aromatic nitrogens is 2. The molecule has 2 fully saturated rings. The van der Waals surface area contributed by atoms with Gasteiger partial charge in [0.1, 0.15) is 10.0 Å². The summed E-state index contributed by atoms with van der Waals surface area (Å²) >= 11 is 7.30. The highest BCUT2D eigenvalue weighted by atomic mass is 35.5. The second-order valence-electron chi connectivity index (χ2n) is 6.28. The summed E-state index contributed by atoms with van der Waals surface area (Å²) in [6.07, 6.45) is 6.77. The smallest absolute Gasteiger partial charge is 0.225 e. The van der Waals surface area contributed by atoms with Crippen molar-refractivity contribution in [2.45, 2.75) is 45.1 Å². The predicted molar refractivity (Wildman–Crippen MR) is 88.0 cm³/mol. The van der Waals surface area contributed by atoms with Crippen LogP contribution >= 0.6 is 23.1 Å². The fourth-order valence-electron chi connectivity index (χ4n) is 3.39. The number of likely N-dealkylation sites (tertiary alicyclic amines) is 2. The monoisotopic (exact) mass is 342 g/mol. The fourth-order valence-corrected chi connectivity index (χ4v) is 4.00. The van der Waals surface area contributed by atoms with E-state index in [9.17, 15) is 4.79 Å². The Morgan fingerprint density at radius 2 is 1.82 bits per heavy atom. The Morgan fingerprint density at radius 3 is 2.41 bits per heavy atom. The van der Waals surface area contributed by atoms with Crippen LogP contribution in [0.1, 0.15) is 44.2 Å². The Bertz CT molecular complexity index is 493. The minimum Gasteiger partial charge on any atom is -0.342 e. The van der Waals surface area contributed by atoms with Crippen LogP contribution in [0.4, 0.5) is 0 Å². The normalized spacial score (nSPS) is 21.8. The van der Waals surface area contributed by atoms with Gasteiger partial charge >= 0.3 is 0 Å². The zero-order valence-electron chi connectivity index (χ0n) is 12.8. The third kappa shape index (κ3) is 3.97. The molecule has 0 atom stereocenters. The Hall–Kier alpha value is -0.720. The maximum Gasteiger partial charge on any atom is 0.225 e. The molecule has 3 heterocycles. The van der Waals surface area contributed by atoms with Crippen molar-refractivity contribution >= 4 is 29.0 Å². The molecule has 0 spiro atoms. The van der Waals surface area contributed by atoms with Gasteiger partial charge in [0.25, 0.3) is 0 Å². The van der Waals surface area contributed by atoms with E-state index in [1.54, 1.807) is 0 Å². The van der Waals surface area contributed by atoms with Gasteiger partial charge in [-0.25, -0.2) is 0 Å². The number of carbonyl (C=O) groups excluding carboxylic acids is 1. The first-order chi connectivity index (χ1) is 10.7. The third-order valence-electron chi connectivity index (χ3n) is 4.74. The summed E-state index contributed by atoms with van der Waals surface area (Å²) < 4.78 is 4.56. The zero-order valence-corrected chi connectivity index (χ0v) is 14.4. The van der Waals surface area contributed by atoms with Gasteiger partial charge in [0.2, 0.25) is 5.91 Å². The van der Waals surface area contributed by atoms with Gasteiger partial charge < -0.3 is 4.90 Å². The second-order valence-corrected chi connectivity index (χ2v) is 7.64. The standard InChI is InChI=1S/C15H23ClN4OS/c16-14-13(17-18-22-14)11-19-9-5-12(6-10-19)15(21)20-7-3-1-2-4-8-20/h12H,1-11H2. The molecule has 22 heavy (non-hydrogen) atoms. The number of rotatable bonds is 3. The Kier molecular flexibility index (Phi) is 5.66. The van der Waals surface area contributed by atoms with E-state index in [0.29, 0.717) is 10.2 Å². The molecule has 0 N–H and O–H groups in total. The molecule has 7 heteroatoms. The first-order valence-electron chi connectivity index (χ1n) is 8.22. The first-order valence-corrected chi connectivity index (χ1v) is 9.37. The molecule has 2 aliphatic rings. The molecule has 0 radical (unpaired) electrons. The molecule has 2 aliphatic heterocycles. The summed E-state index contributed by atoms with van der Waals surface area (Å²) in [6.45, 7) is 4.55. The predicted octanol–water partition coefficient (Wildman–Crippen LogP) is 2.81. The van der Waals surface area contributed by atoms with Crippen LogP contribution in [0, 0.1) is 5.92 Å². The van der Waals surface area contributed by atoms with E-state index in [1.165, 1.54) is 37.2 Å². The number of hydrogen-bond donors (Lipinski definition) is 0. The van der Waals surface area contributed by atoms with E-state index in [-0.39, 0.29) is 5.92 Å².